The Labute approximate surface area is 136 Å². The number of halogens is 2. The fourth-order valence-corrected chi connectivity index (χ4v) is 3.05. The standard InChI is InChI=1S/C15H21Cl2N3O/c1-19-8-6-13(10-19)20(2)15(21)18-7-5-11-3-4-12(16)9-14(11)17/h3-4,9,13H,5-8,10H2,1-2H3,(H,18,21)/t13-/m0/s1. The molecule has 21 heavy (non-hydrogen) atoms. The van der Waals surface area contributed by atoms with Crippen molar-refractivity contribution in [1.29, 1.82) is 0 Å². The van der Waals surface area contributed by atoms with Crippen molar-refractivity contribution in [3.05, 3.63) is 33.8 Å². The summed E-state index contributed by atoms with van der Waals surface area (Å²) in [5.74, 6) is 0. The molecule has 0 radical (unpaired) electrons. The first-order chi connectivity index (χ1) is 9.97. The Morgan fingerprint density at radius 2 is 2.24 bits per heavy atom. The van der Waals surface area contributed by atoms with Crippen molar-refractivity contribution >= 4 is 29.2 Å². The molecule has 1 saturated heterocycles. The molecule has 6 heteroatoms. The van der Waals surface area contributed by atoms with Gasteiger partial charge in [-0.05, 0) is 44.1 Å². The number of rotatable bonds is 4. The summed E-state index contributed by atoms with van der Waals surface area (Å²) in [4.78, 5) is 16.1. The Morgan fingerprint density at radius 1 is 1.48 bits per heavy atom. The topological polar surface area (TPSA) is 35.6 Å². The van der Waals surface area contributed by atoms with Gasteiger partial charge in [-0.1, -0.05) is 29.3 Å². The van der Waals surface area contributed by atoms with Gasteiger partial charge >= 0.3 is 6.03 Å². The number of carbonyl (C=O) groups excluding carboxylic acids is 1. The predicted molar refractivity (Wildman–Crippen MR) is 87.2 cm³/mol. The fourth-order valence-electron chi connectivity index (χ4n) is 2.55. The van der Waals surface area contributed by atoms with Crippen molar-refractivity contribution in [1.82, 2.24) is 15.1 Å². The highest BCUT2D eigenvalue weighted by molar-refractivity contribution is 6.35. The molecule has 1 atom stereocenters. The second-order valence-corrected chi connectivity index (χ2v) is 6.38. The van der Waals surface area contributed by atoms with Crippen LogP contribution < -0.4 is 5.32 Å². The van der Waals surface area contributed by atoms with Crippen molar-refractivity contribution in [3.8, 4) is 0 Å². The highest BCUT2D eigenvalue weighted by atomic mass is 35.5. The van der Waals surface area contributed by atoms with Gasteiger partial charge in [0, 0.05) is 36.2 Å². The minimum absolute atomic E-state index is 0.0274. The lowest BCUT2D eigenvalue weighted by Crippen LogP contribution is -2.45. The average molecular weight is 330 g/mol. The maximum atomic E-state index is 12.1. The summed E-state index contributed by atoms with van der Waals surface area (Å²) < 4.78 is 0. The van der Waals surface area contributed by atoms with Crippen LogP contribution in [0.2, 0.25) is 10.0 Å². The summed E-state index contributed by atoms with van der Waals surface area (Å²) in [6.45, 7) is 2.54. The predicted octanol–water partition coefficient (Wildman–Crippen LogP) is 2.88. The van der Waals surface area contributed by atoms with Gasteiger partial charge in [-0.3, -0.25) is 0 Å². The zero-order valence-corrected chi connectivity index (χ0v) is 13.9. The van der Waals surface area contributed by atoms with E-state index in [2.05, 4.69) is 17.3 Å². The number of hydrogen-bond acceptors (Lipinski definition) is 2. The van der Waals surface area contributed by atoms with Gasteiger partial charge in [0.25, 0.3) is 0 Å². The Hall–Kier alpha value is -0.970. The van der Waals surface area contributed by atoms with E-state index < -0.39 is 0 Å². The van der Waals surface area contributed by atoms with E-state index >= 15 is 0 Å². The van der Waals surface area contributed by atoms with Crippen LogP contribution in [0.3, 0.4) is 0 Å². The van der Waals surface area contributed by atoms with E-state index in [0.29, 0.717) is 29.1 Å². The Balaban J connectivity index is 1.78. The van der Waals surface area contributed by atoms with E-state index in [-0.39, 0.29) is 6.03 Å². The molecule has 0 unspecified atom stereocenters. The van der Waals surface area contributed by atoms with E-state index in [9.17, 15) is 4.79 Å². The molecule has 0 spiro atoms. The molecule has 0 saturated carbocycles. The lowest BCUT2D eigenvalue weighted by atomic mass is 10.1. The van der Waals surface area contributed by atoms with Crippen LogP contribution in [-0.2, 0) is 6.42 Å². The number of benzene rings is 1. The highest BCUT2D eigenvalue weighted by Gasteiger charge is 2.26. The number of nitrogens with one attached hydrogen (secondary N) is 1. The molecule has 0 aromatic heterocycles. The monoisotopic (exact) mass is 329 g/mol. The van der Waals surface area contributed by atoms with Crippen molar-refractivity contribution in [2.75, 3.05) is 33.7 Å². The van der Waals surface area contributed by atoms with Gasteiger partial charge in [0.15, 0.2) is 0 Å². The van der Waals surface area contributed by atoms with E-state index in [0.717, 1.165) is 25.1 Å². The van der Waals surface area contributed by atoms with Crippen LogP contribution in [-0.4, -0.2) is 55.6 Å². The summed E-state index contributed by atoms with van der Waals surface area (Å²) in [5, 5.41) is 4.21. The average Bonchev–Trinajstić information content (AvgIpc) is 2.87. The molecule has 1 N–H and O–H groups in total. The molecule has 4 nitrogen and oxygen atoms in total. The molecule has 1 heterocycles. The van der Waals surface area contributed by atoms with Crippen molar-refractivity contribution in [3.63, 3.8) is 0 Å². The van der Waals surface area contributed by atoms with Gasteiger partial charge in [-0.15, -0.1) is 0 Å². The minimum Gasteiger partial charge on any atom is -0.338 e. The number of urea groups is 1. The van der Waals surface area contributed by atoms with Crippen molar-refractivity contribution in [2.45, 2.75) is 18.9 Å². The number of likely N-dealkylation sites (N-methyl/N-ethyl adjacent to an activating group) is 2. The van der Waals surface area contributed by atoms with Crippen LogP contribution >= 0.6 is 23.2 Å². The van der Waals surface area contributed by atoms with Crippen LogP contribution in [0.5, 0.6) is 0 Å². The molecule has 1 aliphatic rings. The number of carbonyl (C=O) groups is 1. The molecule has 2 amide bonds. The minimum atomic E-state index is -0.0274. The number of likely N-dealkylation sites (tertiary alicyclic amines) is 1. The smallest absolute Gasteiger partial charge is 0.317 e. The maximum Gasteiger partial charge on any atom is 0.317 e. The lowest BCUT2D eigenvalue weighted by molar-refractivity contribution is 0.191. The Bertz CT molecular complexity index is 510. The number of hydrogen-bond donors (Lipinski definition) is 1. The first kappa shape index (κ1) is 16.4. The lowest BCUT2D eigenvalue weighted by Gasteiger charge is -2.24. The van der Waals surface area contributed by atoms with Crippen LogP contribution in [0.1, 0.15) is 12.0 Å². The van der Waals surface area contributed by atoms with Gasteiger partial charge in [-0.25, -0.2) is 4.79 Å². The summed E-state index contributed by atoms with van der Waals surface area (Å²) in [7, 11) is 3.93. The summed E-state index contributed by atoms with van der Waals surface area (Å²) >= 11 is 12.0. The molecule has 1 aromatic rings. The Morgan fingerprint density at radius 3 is 2.86 bits per heavy atom. The zero-order chi connectivity index (χ0) is 15.4. The molecular weight excluding hydrogens is 309 g/mol. The SMILES string of the molecule is CN1CC[C@H](N(C)C(=O)NCCc2ccc(Cl)cc2Cl)C1. The summed E-state index contributed by atoms with van der Waals surface area (Å²) in [5.41, 5.74) is 0.990. The quantitative estimate of drug-likeness (QED) is 0.921. The third kappa shape index (κ3) is 4.50. The van der Waals surface area contributed by atoms with Gasteiger partial charge in [0.05, 0.1) is 0 Å². The van der Waals surface area contributed by atoms with Crippen LogP contribution in [0.15, 0.2) is 18.2 Å². The van der Waals surface area contributed by atoms with Gasteiger partial charge < -0.3 is 15.1 Å². The summed E-state index contributed by atoms with van der Waals surface area (Å²) in [6, 6.07) is 5.70. The highest BCUT2D eigenvalue weighted by Crippen LogP contribution is 2.21. The molecule has 2 rings (SSSR count). The molecular formula is C15H21Cl2N3O. The van der Waals surface area contributed by atoms with Gasteiger partial charge in [0.2, 0.25) is 0 Å². The third-order valence-corrected chi connectivity index (χ3v) is 4.51. The zero-order valence-electron chi connectivity index (χ0n) is 12.4. The van der Waals surface area contributed by atoms with E-state index in [1.807, 2.05) is 19.2 Å². The van der Waals surface area contributed by atoms with Gasteiger partial charge in [-0.2, -0.15) is 0 Å². The first-order valence-corrected chi connectivity index (χ1v) is 7.86. The number of amides is 2. The molecule has 0 bridgehead atoms. The fraction of sp³-hybridized carbons (Fsp3) is 0.533. The molecule has 1 fully saturated rings. The van der Waals surface area contributed by atoms with Crippen LogP contribution in [0.4, 0.5) is 4.79 Å². The molecule has 116 valence electrons. The third-order valence-electron chi connectivity index (χ3n) is 3.92. The molecule has 0 aliphatic carbocycles. The maximum absolute atomic E-state index is 12.1. The second-order valence-electron chi connectivity index (χ2n) is 5.53. The van der Waals surface area contributed by atoms with Crippen LogP contribution in [0, 0.1) is 0 Å². The normalized spacial score (nSPS) is 18.8. The van der Waals surface area contributed by atoms with E-state index in [1.165, 1.54) is 0 Å². The van der Waals surface area contributed by atoms with Crippen molar-refractivity contribution < 1.29 is 4.79 Å². The van der Waals surface area contributed by atoms with E-state index in [1.54, 1.807) is 11.0 Å². The number of nitrogens with zero attached hydrogens (tertiary/aromatic N) is 2. The Kier molecular flexibility index (Phi) is 5.73. The second kappa shape index (κ2) is 7.34. The molecule has 1 aromatic carbocycles. The molecule has 1 aliphatic heterocycles. The first-order valence-electron chi connectivity index (χ1n) is 7.10. The van der Waals surface area contributed by atoms with E-state index in [4.69, 9.17) is 23.2 Å². The van der Waals surface area contributed by atoms with Crippen LogP contribution in [0.25, 0.3) is 0 Å². The summed E-state index contributed by atoms with van der Waals surface area (Å²) in [6.07, 6.45) is 1.73. The van der Waals surface area contributed by atoms with Crippen molar-refractivity contribution in [2.24, 2.45) is 0 Å². The van der Waals surface area contributed by atoms with Gasteiger partial charge in [0.1, 0.15) is 0 Å². The largest absolute Gasteiger partial charge is 0.338 e.